The number of halogens is 3. The molecule has 0 saturated heterocycles. The minimum absolute atomic E-state index is 0.0265. The molecule has 37 heavy (non-hydrogen) atoms. The average Bonchev–Trinajstić information content (AvgIpc) is 3.27. The number of carbonyl (C=O) groups is 2. The van der Waals surface area contributed by atoms with Gasteiger partial charge in [0.15, 0.2) is 0 Å². The number of furan rings is 1. The van der Waals surface area contributed by atoms with Gasteiger partial charge in [-0.25, -0.2) is 4.79 Å². The molecule has 0 radical (unpaired) electrons. The minimum Gasteiger partial charge on any atom is -0.474 e. The van der Waals surface area contributed by atoms with Gasteiger partial charge >= 0.3 is 18.1 Å². The van der Waals surface area contributed by atoms with E-state index in [0.29, 0.717) is 11.1 Å². The first-order valence-corrected chi connectivity index (χ1v) is 11.4. The Labute approximate surface area is 209 Å². The maximum Gasteiger partial charge on any atom is 0.416 e. The number of fused-ring (bicyclic) bond motifs is 3. The largest absolute Gasteiger partial charge is 0.474 e. The molecule has 0 aliphatic rings. The van der Waals surface area contributed by atoms with Crippen molar-refractivity contribution in [3.63, 3.8) is 0 Å². The Morgan fingerprint density at radius 2 is 1.35 bits per heavy atom. The van der Waals surface area contributed by atoms with Crippen LogP contribution in [0, 0.1) is 0 Å². The maximum absolute atomic E-state index is 12.9. The zero-order valence-electron chi connectivity index (χ0n) is 19.3. The number of amides is 1. The Balaban J connectivity index is 1.40. The van der Waals surface area contributed by atoms with Crippen molar-refractivity contribution in [2.45, 2.75) is 19.3 Å². The van der Waals surface area contributed by atoms with Gasteiger partial charge in [0.25, 0.3) is 0 Å². The molecule has 4 aromatic carbocycles. The summed E-state index contributed by atoms with van der Waals surface area (Å²) < 4.78 is 44.7. The van der Waals surface area contributed by atoms with Crippen LogP contribution in [0.1, 0.15) is 16.7 Å². The normalized spacial score (nSPS) is 11.6. The smallest absolute Gasteiger partial charge is 0.416 e. The lowest BCUT2D eigenvalue weighted by atomic mass is 10.0. The molecule has 1 amide bonds. The second kappa shape index (κ2) is 9.46. The fourth-order valence-electron chi connectivity index (χ4n) is 4.34. The summed E-state index contributed by atoms with van der Waals surface area (Å²) in [5.74, 6) is -2.78. The zero-order chi connectivity index (χ0) is 26.2. The van der Waals surface area contributed by atoms with Crippen LogP contribution >= 0.6 is 0 Å². The van der Waals surface area contributed by atoms with Crippen molar-refractivity contribution in [3.8, 4) is 11.1 Å². The molecule has 1 N–H and O–H groups in total. The molecule has 1 heterocycles. The Morgan fingerprint density at radius 1 is 0.757 bits per heavy atom. The third-order valence-electron chi connectivity index (χ3n) is 6.17. The van der Waals surface area contributed by atoms with Crippen LogP contribution in [-0.4, -0.2) is 21.9 Å². The quantitative estimate of drug-likeness (QED) is 0.265. The molecule has 0 aliphatic heterocycles. The first kappa shape index (κ1) is 24.1. The molecular formula is C29H20F3NO4. The molecule has 0 saturated carbocycles. The van der Waals surface area contributed by atoms with Gasteiger partial charge < -0.3 is 14.4 Å². The van der Waals surface area contributed by atoms with E-state index < -0.39 is 23.6 Å². The number of carboxylic acid groups (broad SMARTS) is 1. The lowest BCUT2D eigenvalue weighted by molar-refractivity contribution is -0.156. The number of aliphatic carboxylic acids is 1. The Morgan fingerprint density at radius 3 is 1.97 bits per heavy atom. The van der Waals surface area contributed by atoms with Crippen LogP contribution in [0.25, 0.3) is 33.1 Å². The number of hydrogen-bond donors (Lipinski definition) is 1. The summed E-state index contributed by atoms with van der Waals surface area (Å²) in [6, 6.07) is 25.2. The van der Waals surface area contributed by atoms with Gasteiger partial charge in [-0.05, 0) is 34.9 Å². The lowest BCUT2D eigenvalue weighted by Gasteiger charge is -2.21. The summed E-state index contributed by atoms with van der Waals surface area (Å²) >= 11 is 0. The SMILES string of the molecule is O=C(O)C(=O)N(Cc1ccc(-c2cccc3c2oc2ccccc23)cc1)Cc1ccc(C(F)(F)F)cc1. The molecule has 1 aromatic heterocycles. The fraction of sp³-hybridized carbons (Fsp3) is 0.103. The zero-order valence-corrected chi connectivity index (χ0v) is 19.3. The number of rotatable bonds is 5. The first-order chi connectivity index (χ1) is 17.7. The maximum atomic E-state index is 12.9. The van der Waals surface area contributed by atoms with Gasteiger partial charge in [0, 0.05) is 29.4 Å². The van der Waals surface area contributed by atoms with Gasteiger partial charge in [0.05, 0.1) is 5.56 Å². The highest BCUT2D eigenvalue weighted by Crippen LogP contribution is 2.35. The molecule has 0 atom stereocenters. The van der Waals surface area contributed by atoms with Crippen molar-refractivity contribution in [3.05, 3.63) is 108 Å². The predicted molar refractivity (Wildman–Crippen MR) is 132 cm³/mol. The van der Waals surface area contributed by atoms with E-state index >= 15 is 0 Å². The number of benzene rings is 4. The summed E-state index contributed by atoms with van der Waals surface area (Å²) in [5, 5.41) is 11.3. The monoisotopic (exact) mass is 503 g/mol. The Kier molecular flexibility index (Phi) is 6.17. The average molecular weight is 503 g/mol. The van der Waals surface area contributed by atoms with E-state index in [1.807, 2.05) is 54.6 Å². The van der Waals surface area contributed by atoms with Crippen LogP contribution in [0.5, 0.6) is 0 Å². The van der Waals surface area contributed by atoms with Gasteiger partial charge in [-0.3, -0.25) is 4.79 Å². The highest BCUT2D eigenvalue weighted by molar-refractivity contribution is 6.31. The van der Waals surface area contributed by atoms with Crippen molar-refractivity contribution >= 4 is 33.8 Å². The van der Waals surface area contributed by atoms with E-state index in [1.165, 1.54) is 12.1 Å². The Bertz CT molecular complexity index is 1600. The second-order valence-electron chi connectivity index (χ2n) is 8.64. The number of para-hydroxylation sites is 2. The van der Waals surface area contributed by atoms with Crippen LogP contribution in [0.3, 0.4) is 0 Å². The van der Waals surface area contributed by atoms with E-state index in [0.717, 1.165) is 50.1 Å². The third kappa shape index (κ3) is 4.91. The van der Waals surface area contributed by atoms with Crippen molar-refractivity contribution in [1.29, 1.82) is 0 Å². The summed E-state index contributed by atoms with van der Waals surface area (Å²) in [6.07, 6.45) is -4.48. The predicted octanol–water partition coefficient (Wildman–Crippen LogP) is 6.89. The third-order valence-corrected chi connectivity index (χ3v) is 6.17. The standard InChI is InChI=1S/C29H20F3NO4/c30-29(31,32)21-14-10-19(11-15-21)17-33(27(34)28(35)36)16-18-8-12-20(13-9-18)22-5-3-6-24-23-4-1-2-7-25(23)37-26(22)24/h1-15H,16-17H2,(H,35,36). The molecule has 186 valence electrons. The molecule has 5 aromatic rings. The molecule has 0 bridgehead atoms. The van der Waals surface area contributed by atoms with E-state index in [4.69, 9.17) is 4.42 Å². The molecule has 5 nitrogen and oxygen atoms in total. The van der Waals surface area contributed by atoms with Gasteiger partial charge in [-0.1, -0.05) is 72.8 Å². The van der Waals surface area contributed by atoms with Crippen LogP contribution in [-0.2, 0) is 28.9 Å². The van der Waals surface area contributed by atoms with E-state index in [2.05, 4.69) is 0 Å². The summed E-state index contributed by atoms with van der Waals surface area (Å²) in [7, 11) is 0. The summed E-state index contributed by atoms with van der Waals surface area (Å²) in [4.78, 5) is 24.8. The summed E-state index contributed by atoms with van der Waals surface area (Å²) in [5.41, 5.74) is 3.55. The molecule has 8 heteroatoms. The first-order valence-electron chi connectivity index (χ1n) is 11.4. The van der Waals surface area contributed by atoms with Gasteiger partial charge in [-0.2, -0.15) is 13.2 Å². The molecule has 0 spiro atoms. The van der Waals surface area contributed by atoms with Crippen LogP contribution < -0.4 is 0 Å². The Hall–Kier alpha value is -4.59. The van der Waals surface area contributed by atoms with Crippen LogP contribution in [0.15, 0.2) is 95.4 Å². The van der Waals surface area contributed by atoms with Crippen molar-refractivity contribution in [1.82, 2.24) is 4.90 Å². The van der Waals surface area contributed by atoms with Crippen molar-refractivity contribution in [2.75, 3.05) is 0 Å². The number of alkyl halides is 3. The van der Waals surface area contributed by atoms with E-state index in [1.54, 1.807) is 12.1 Å². The molecule has 5 rings (SSSR count). The minimum atomic E-state index is -4.48. The van der Waals surface area contributed by atoms with Gasteiger partial charge in [0.1, 0.15) is 11.2 Å². The van der Waals surface area contributed by atoms with Crippen molar-refractivity contribution in [2.24, 2.45) is 0 Å². The summed E-state index contributed by atoms with van der Waals surface area (Å²) in [6.45, 7) is -0.176. The number of carbonyl (C=O) groups excluding carboxylic acids is 1. The van der Waals surface area contributed by atoms with E-state index in [9.17, 15) is 27.9 Å². The molecule has 0 unspecified atom stereocenters. The fourth-order valence-corrected chi connectivity index (χ4v) is 4.34. The van der Waals surface area contributed by atoms with Crippen LogP contribution in [0.4, 0.5) is 13.2 Å². The highest BCUT2D eigenvalue weighted by Gasteiger charge is 2.30. The molecular weight excluding hydrogens is 483 g/mol. The highest BCUT2D eigenvalue weighted by atomic mass is 19.4. The van der Waals surface area contributed by atoms with Gasteiger partial charge in [0.2, 0.25) is 0 Å². The molecule has 0 fully saturated rings. The lowest BCUT2D eigenvalue weighted by Crippen LogP contribution is -2.35. The topological polar surface area (TPSA) is 70.8 Å². The number of nitrogens with zero attached hydrogens (tertiary/aromatic N) is 1. The molecule has 0 aliphatic carbocycles. The van der Waals surface area contributed by atoms with Gasteiger partial charge in [-0.15, -0.1) is 0 Å². The second-order valence-corrected chi connectivity index (χ2v) is 8.64. The number of hydrogen-bond acceptors (Lipinski definition) is 3. The van der Waals surface area contributed by atoms with Crippen LogP contribution in [0.2, 0.25) is 0 Å². The van der Waals surface area contributed by atoms with Crippen molar-refractivity contribution < 1.29 is 32.3 Å². The van der Waals surface area contributed by atoms with E-state index in [-0.39, 0.29) is 13.1 Å². The number of carboxylic acids is 1.